The molecular weight excluding hydrogens is 218 g/mol. The summed E-state index contributed by atoms with van der Waals surface area (Å²) in [4.78, 5) is 31.2. The maximum atomic E-state index is 10.8. The maximum absolute atomic E-state index is 10.8. The fourth-order valence-electron chi connectivity index (χ4n) is 1.25. The van der Waals surface area contributed by atoms with E-state index in [1.807, 2.05) is 0 Å². The Bertz CT molecular complexity index is 458. The predicted molar refractivity (Wildman–Crippen MR) is 51.8 cm³/mol. The summed E-state index contributed by atoms with van der Waals surface area (Å²) in [7, 11) is 0. The van der Waals surface area contributed by atoms with Crippen LogP contribution < -0.4 is 0 Å². The van der Waals surface area contributed by atoms with E-state index < -0.39 is 22.5 Å². The van der Waals surface area contributed by atoms with Crippen LogP contribution in [-0.4, -0.2) is 27.1 Å². The van der Waals surface area contributed by atoms with Crippen molar-refractivity contribution < 1.29 is 24.7 Å². The lowest BCUT2D eigenvalue weighted by molar-refractivity contribution is -0.384. The number of nitrogens with zero attached hydrogens (tertiary/aromatic N) is 1. The molecule has 1 aromatic rings. The molecule has 7 nitrogen and oxygen atoms in total. The minimum atomic E-state index is -1.40. The molecule has 0 bridgehead atoms. The van der Waals surface area contributed by atoms with Gasteiger partial charge in [0.05, 0.1) is 16.1 Å². The minimum absolute atomic E-state index is 0.00870. The topological polar surface area (TPSA) is 118 Å². The van der Waals surface area contributed by atoms with E-state index in [-0.39, 0.29) is 16.7 Å². The molecule has 0 aliphatic carbocycles. The van der Waals surface area contributed by atoms with E-state index in [0.717, 1.165) is 12.1 Å². The van der Waals surface area contributed by atoms with E-state index in [1.165, 1.54) is 6.92 Å². The van der Waals surface area contributed by atoms with Gasteiger partial charge in [-0.05, 0) is 12.5 Å². The van der Waals surface area contributed by atoms with Crippen molar-refractivity contribution in [2.75, 3.05) is 0 Å². The highest BCUT2D eigenvalue weighted by Crippen LogP contribution is 2.22. The molecule has 0 aromatic heterocycles. The van der Waals surface area contributed by atoms with Crippen molar-refractivity contribution in [3.8, 4) is 0 Å². The van der Waals surface area contributed by atoms with Gasteiger partial charge >= 0.3 is 11.9 Å². The highest BCUT2D eigenvalue weighted by atomic mass is 16.6. The number of carboxylic acid groups (broad SMARTS) is 2. The molecule has 0 aliphatic heterocycles. The van der Waals surface area contributed by atoms with Crippen molar-refractivity contribution in [2.24, 2.45) is 0 Å². The van der Waals surface area contributed by atoms with E-state index in [2.05, 4.69) is 0 Å². The molecule has 0 heterocycles. The van der Waals surface area contributed by atoms with Crippen LogP contribution in [0.1, 0.15) is 26.3 Å². The number of hydrogen-bond donors (Lipinski definition) is 2. The lowest BCUT2D eigenvalue weighted by Crippen LogP contribution is -2.08. The van der Waals surface area contributed by atoms with Gasteiger partial charge in [0.1, 0.15) is 0 Å². The first-order valence-electron chi connectivity index (χ1n) is 4.10. The van der Waals surface area contributed by atoms with Crippen LogP contribution in [0, 0.1) is 17.0 Å². The smallest absolute Gasteiger partial charge is 0.336 e. The van der Waals surface area contributed by atoms with Crippen LogP contribution in [-0.2, 0) is 0 Å². The minimum Gasteiger partial charge on any atom is -0.478 e. The van der Waals surface area contributed by atoms with Gasteiger partial charge in [-0.25, -0.2) is 9.59 Å². The molecular formula is C9H7NO6. The quantitative estimate of drug-likeness (QED) is 0.591. The Labute approximate surface area is 89.1 Å². The molecule has 2 N–H and O–H groups in total. The second-order valence-electron chi connectivity index (χ2n) is 3.03. The first-order valence-corrected chi connectivity index (χ1v) is 4.10. The molecule has 7 heteroatoms. The van der Waals surface area contributed by atoms with Crippen LogP contribution in [0.25, 0.3) is 0 Å². The zero-order valence-corrected chi connectivity index (χ0v) is 8.13. The monoisotopic (exact) mass is 225 g/mol. The van der Waals surface area contributed by atoms with Crippen LogP contribution in [0.15, 0.2) is 12.1 Å². The highest BCUT2D eigenvalue weighted by molar-refractivity contribution is 5.97. The van der Waals surface area contributed by atoms with Crippen molar-refractivity contribution in [3.63, 3.8) is 0 Å². The number of benzene rings is 1. The number of hydrogen-bond acceptors (Lipinski definition) is 4. The van der Waals surface area contributed by atoms with E-state index in [4.69, 9.17) is 10.2 Å². The number of aromatic carboxylic acids is 2. The third-order valence-electron chi connectivity index (χ3n) is 2.06. The van der Waals surface area contributed by atoms with Gasteiger partial charge in [-0.15, -0.1) is 0 Å². The van der Waals surface area contributed by atoms with E-state index in [1.54, 1.807) is 0 Å². The molecule has 16 heavy (non-hydrogen) atoms. The predicted octanol–water partition coefficient (Wildman–Crippen LogP) is 1.30. The normalized spacial score (nSPS) is 9.81. The van der Waals surface area contributed by atoms with Crippen molar-refractivity contribution in [1.29, 1.82) is 0 Å². The Hall–Kier alpha value is -2.44. The van der Waals surface area contributed by atoms with Gasteiger partial charge in [-0.1, -0.05) is 0 Å². The van der Waals surface area contributed by atoms with Crippen LogP contribution in [0.2, 0.25) is 0 Å². The summed E-state index contributed by atoms with van der Waals surface area (Å²) in [6.45, 7) is 1.29. The third kappa shape index (κ3) is 1.97. The van der Waals surface area contributed by atoms with Crippen molar-refractivity contribution in [2.45, 2.75) is 6.92 Å². The molecule has 84 valence electrons. The van der Waals surface area contributed by atoms with Gasteiger partial charge < -0.3 is 10.2 Å². The SMILES string of the molecule is Cc1c(C(=O)O)cc([N+](=O)[O-])cc1C(=O)O. The van der Waals surface area contributed by atoms with Gasteiger partial charge in [0.15, 0.2) is 0 Å². The molecule has 1 rings (SSSR count). The Morgan fingerprint density at radius 1 is 1.19 bits per heavy atom. The van der Waals surface area contributed by atoms with E-state index in [9.17, 15) is 19.7 Å². The first-order chi connectivity index (χ1) is 7.34. The van der Waals surface area contributed by atoms with Gasteiger partial charge in [0.2, 0.25) is 0 Å². The van der Waals surface area contributed by atoms with Crippen molar-refractivity contribution in [3.05, 3.63) is 38.9 Å². The van der Waals surface area contributed by atoms with Crippen molar-refractivity contribution in [1.82, 2.24) is 0 Å². The standard InChI is InChI=1S/C9H7NO6/c1-4-6(8(11)12)2-5(10(15)16)3-7(4)9(13)14/h2-3H,1H3,(H,11,12)(H,13,14). The van der Waals surface area contributed by atoms with Gasteiger partial charge in [-0.3, -0.25) is 10.1 Å². The summed E-state index contributed by atoms with van der Waals surface area (Å²) in [5, 5.41) is 28.0. The molecule has 0 radical (unpaired) electrons. The average molecular weight is 225 g/mol. The van der Waals surface area contributed by atoms with Gasteiger partial charge in [-0.2, -0.15) is 0 Å². The molecule has 0 saturated carbocycles. The number of nitro groups is 1. The Morgan fingerprint density at radius 2 is 1.56 bits per heavy atom. The summed E-state index contributed by atoms with van der Waals surface area (Å²) in [6, 6.07) is 1.67. The second kappa shape index (κ2) is 3.97. The third-order valence-corrected chi connectivity index (χ3v) is 2.06. The second-order valence-corrected chi connectivity index (χ2v) is 3.03. The fraction of sp³-hybridized carbons (Fsp3) is 0.111. The zero-order valence-electron chi connectivity index (χ0n) is 8.13. The van der Waals surface area contributed by atoms with Crippen LogP contribution >= 0.6 is 0 Å². The zero-order chi connectivity index (χ0) is 12.5. The largest absolute Gasteiger partial charge is 0.478 e. The molecule has 0 fully saturated rings. The number of rotatable bonds is 3. The van der Waals surface area contributed by atoms with Gasteiger partial charge in [0, 0.05) is 12.1 Å². The lowest BCUT2D eigenvalue weighted by atomic mass is 10.0. The van der Waals surface area contributed by atoms with E-state index >= 15 is 0 Å². The van der Waals surface area contributed by atoms with Crippen LogP contribution in [0.3, 0.4) is 0 Å². The van der Waals surface area contributed by atoms with Crippen LogP contribution in [0.5, 0.6) is 0 Å². The highest BCUT2D eigenvalue weighted by Gasteiger charge is 2.21. The Balaban J connectivity index is 3.57. The number of non-ortho nitro benzene ring substituents is 1. The van der Waals surface area contributed by atoms with Gasteiger partial charge in [0.25, 0.3) is 5.69 Å². The van der Waals surface area contributed by atoms with Crippen molar-refractivity contribution >= 4 is 17.6 Å². The molecule has 1 aromatic carbocycles. The number of carbonyl (C=O) groups is 2. The summed E-state index contributed by atoms with van der Waals surface area (Å²) < 4.78 is 0. The summed E-state index contributed by atoms with van der Waals surface area (Å²) in [6.07, 6.45) is 0. The number of nitro benzene ring substituents is 1. The molecule has 0 aliphatic rings. The number of carboxylic acids is 2. The summed E-state index contributed by atoms with van der Waals surface area (Å²) >= 11 is 0. The Morgan fingerprint density at radius 3 is 1.81 bits per heavy atom. The lowest BCUT2D eigenvalue weighted by Gasteiger charge is -2.04. The molecule has 0 unspecified atom stereocenters. The fourth-order valence-corrected chi connectivity index (χ4v) is 1.25. The Kier molecular flexibility index (Phi) is 2.89. The molecule has 0 spiro atoms. The summed E-state index contributed by atoms with van der Waals surface area (Å²) in [5.41, 5.74) is -1.33. The summed E-state index contributed by atoms with van der Waals surface area (Å²) in [5.74, 6) is -2.80. The molecule has 0 atom stereocenters. The van der Waals surface area contributed by atoms with Crippen LogP contribution in [0.4, 0.5) is 5.69 Å². The average Bonchev–Trinajstić information content (AvgIpc) is 2.16. The molecule has 0 saturated heterocycles. The van der Waals surface area contributed by atoms with E-state index in [0.29, 0.717) is 0 Å². The maximum Gasteiger partial charge on any atom is 0.336 e. The first kappa shape index (κ1) is 11.6. The molecule has 0 amide bonds.